The molecule has 0 saturated carbocycles. The minimum Gasteiger partial charge on any atom is -0.494 e. The molecule has 0 unspecified atom stereocenters. The van der Waals surface area contributed by atoms with Crippen molar-refractivity contribution >= 4 is 33.4 Å². The number of hydrogen-bond donors (Lipinski definition) is 0. The van der Waals surface area contributed by atoms with E-state index < -0.39 is 0 Å². The number of halogens is 2. The Morgan fingerprint density at radius 2 is 2.00 bits per heavy atom. The van der Waals surface area contributed by atoms with Crippen LogP contribution >= 0.6 is 27.5 Å². The number of likely N-dealkylation sites (N-methyl/N-ethyl adjacent to an activating group) is 1. The summed E-state index contributed by atoms with van der Waals surface area (Å²) < 4.78 is 5.87. The quantitative estimate of drug-likeness (QED) is 0.830. The highest BCUT2D eigenvalue weighted by Crippen LogP contribution is 2.34. The average Bonchev–Trinajstić information content (AvgIpc) is 2.46. The number of methoxy groups -OCH3 is 1. The van der Waals surface area contributed by atoms with E-state index in [1.807, 2.05) is 4.90 Å². The number of benzene rings is 1. The fourth-order valence-electron chi connectivity index (χ4n) is 2.33. The van der Waals surface area contributed by atoms with E-state index >= 15 is 0 Å². The van der Waals surface area contributed by atoms with Gasteiger partial charge in [0.2, 0.25) is 0 Å². The van der Waals surface area contributed by atoms with Crippen molar-refractivity contribution in [3.8, 4) is 5.75 Å². The lowest BCUT2D eigenvalue weighted by Crippen LogP contribution is -2.48. The van der Waals surface area contributed by atoms with Crippen molar-refractivity contribution < 1.29 is 9.53 Å². The van der Waals surface area contributed by atoms with Gasteiger partial charge in [-0.15, -0.1) is 0 Å². The molecule has 0 aromatic heterocycles. The van der Waals surface area contributed by atoms with Crippen molar-refractivity contribution in [2.75, 3.05) is 39.8 Å². The van der Waals surface area contributed by atoms with Crippen LogP contribution in [0.25, 0.3) is 0 Å². The summed E-state index contributed by atoms with van der Waals surface area (Å²) in [5, 5.41) is 0.442. The number of hydrogen-bond acceptors (Lipinski definition) is 3. The van der Waals surface area contributed by atoms with Gasteiger partial charge < -0.3 is 14.5 Å². The van der Waals surface area contributed by atoms with E-state index in [1.165, 1.54) is 0 Å². The van der Waals surface area contributed by atoms with E-state index in [0.29, 0.717) is 20.8 Å². The van der Waals surface area contributed by atoms with E-state index in [2.05, 4.69) is 27.8 Å². The Kier molecular flexibility index (Phi) is 5.29. The molecule has 1 aliphatic rings. The van der Waals surface area contributed by atoms with Gasteiger partial charge in [0.1, 0.15) is 0 Å². The molecule has 6 heteroatoms. The minimum atomic E-state index is 0.0195. The number of ether oxygens (including phenoxy) is 1. The van der Waals surface area contributed by atoms with Gasteiger partial charge in [0.05, 0.1) is 16.6 Å². The molecule has 20 heavy (non-hydrogen) atoms. The van der Waals surface area contributed by atoms with Crippen molar-refractivity contribution in [2.45, 2.75) is 6.92 Å². The molecule has 1 fully saturated rings. The van der Waals surface area contributed by atoms with Crippen LogP contribution in [-0.2, 0) is 0 Å². The maximum absolute atomic E-state index is 12.5. The highest BCUT2D eigenvalue weighted by molar-refractivity contribution is 9.10. The highest BCUT2D eigenvalue weighted by atomic mass is 79.9. The van der Waals surface area contributed by atoms with Gasteiger partial charge in [-0.1, -0.05) is 18.5 Å². The molecule has 0 spiro atoms. The first-order valence-corrected chi connectivity index (χ1v) is 7.78. The van der Waals surface area contributed by atoms with Crippen molar-refractivity contribution in [1.82, 2.24) is 9.80 Å². The molecular weight excluding hydrogens is 344 g/mol. The molecule has 0 bridgehead atoms. The highest BCUT2D eigenvalue weighted by Gasteiger charge is 2.22. The summed E-state index contributed by atoms with van der Waals surface area (Å²) in [5.41, 5.74) is 0.590. The molecule has 0 aliphatic carbocycles. The van der Waals surface area contributed by atoms with Gasteiger partial charge in [0.25, 0.3) is 5.91 Å². The van der Waals surface area contributed by atoms with E-state index in [0.717, 1.165) is 32.7 Å². The lowest BCUT2D eigenvalue weighted by molar-refractivity contribution is 0.0643. The SMILES string of the molecule is CCN1CCN(C(=O)c2cc(Cl)c(OC)c(Br)c2)CC1. The van der Waals surface area contributed by atoms with E-state index in [1.54, 1.807) is 19.2 Å². The van der Waals surface area contributed by atoms with Gasteiger partial charge >= 0.3 is 0 Å². The predicted molar refractivity (Wildman–Crippen MR) is 83.7 cm³/mol. The van der Waals surface area contributed by atoms with Crippen molar-refractivity contribution in [1.29, 1.82) is 0 Å². The number of amides is 1. The third kappa shape index (κ3) is 3.27. The van der Waals surface area contributed by atoms with Gasteiger partial charge in [0.15, 0.2) is 5.75 Å². The summed E-state index contributed by atoms with van der Waals surface area (Å²) in [5.74, 6) is 0.574. The monoisotopic (exact) mass is 360 g/mol. The lowest BCUT2D eigenvalue weighted by Gasteiger charge is -2.34. The molecule has 1 aromatic rings. The lowest BCUT2D eigenvalue weighted by atomic mass is 10.1. The Hall–Kier alpha value is -0.780. The first-order chi connectivity index (χ1) is 9.56. The zero-order chi connectivity index (χ0) is 14.7. The van der Waals surface area contributed by atoms with Crippen LogP contribution in [0.4, 0.5) is 0 Å². The molecule has 0 radical (unpaired) electrons. The summed E-state index contributed by atoms with van der Waals surface area (Å²) in [6.45, 7) is 6.53. The Morgan fingerprint density at radius 1 is 1.35 bits per heavy atom. The van der Waals surface area contributed by atoms with Gasteiger partial charge in [-0.3, -0.25) is 4.79 Å². The van der Waals surface area contributed by atoms with E-state index in [4.69, 9.17) is 16.3 Å². The van der Waals surface area contributed by atoms with Crippen LogP contribution < -0.4 is 4.74 Å². The second-order valence-corrected chi connectivity index (χ2v) is 5.96. The van der Waals surface area contributed by atoms with Gasteiger partial charge in [-0.25, -0.2) is 0 Å². The van der Waals surface area contributed by atoms with Crippen LogP contribution in [0.5, 0.6) is 5.75 Å². The smallest absolute Gasteiger partial charge is 0.254 e. The van der Waals surface area contributed by atoms with Crippen LogP contribution in [0, 0.1) is 0 Å². The van der Waals surface area contributed by atoms with Crippen LogP contribution in [0.1, 0.15) is 17.3 Å². The maximum Gasteiger partial charge on any atom is 0.254 e. The molecule has 1 aliphatic heterocycles. The number of piperazine rings is 1. The second-order valence-electron chi connectivity index (χ2n) is 4.70. The first kappa shape index (κ1) is 15.6. The molecule has 1 aromatic carbocycles. The fourth-order valence-corrected chi connectivity index (χ4v) is 3.36. The van der Waals surface area contributed by atoms with E-state index in [9.17, 15) is 4.79 Å². The van der Waals surface area contributed by atoms with Crippen molar-refractivity contribution in [3.05, 3.63) is 27.2 Å². The Labute approximate surface area is 132 Å². The second kappa shape index (κ2) is 6.78. The van der Waals surface area contributed by atoms with Crippen molar-refractivity contribution in [3.63, 3.8) is 0 Å². The largest absolute Gasteiger partial charge is 0.494 e. The maximum atomic E-state index is 12.5. The van der Waals surface area contributed by atoms with Gasteiger partial charge in [-0.05, 0) is 34.6 Å². The molecule has 4 nitrogen and oxygen atoms in total. The predicted octanol–water partition coefficient (Wildman–Crippen LogP) is 2.89. The van der Waals surface area contributed by atoms with Gasteiger partial charge in [0, 0.05) is 31.7 Å². The van der Waals surface area contributed by atoms with Crippen LogP contribution in [0.3, 0.4) is 0 Å². The minimum absolute atomic E-state index is 0.0195. The molecule has 2 rings (SSSR count). The topological polar surface area (TPSA) is 32.8 Å². The molecule has 1 amide bonds. The number of carbonyl (C=O) groups is 1. The Bertz CT molecular complexity index is 479. The molecule has 110 valence electrons. The summed E-state index contributed by atoms with van der Waals surface area (Å²) >= 11 is 9.51. The summed E-state index contributed by atoms with van der Waals surface area (Å²) in [6.07, 6.45) is 0. The third-order valence-corrected chi connectivity index (χ3v) is 4.43. The summed E-state index contributed by atoms with van der Waals surface area (Å²) in [7, 11) is 1.55. The first-order valence-electron chi connectivity index (χ1n) is 6.61. The van der Waals surface area contributed by atoms with E-state index in [-0.39, 0.29) is 5.91 Å². The molecule has 0 N–H and O–H groups in total. The molecule has 1 heterocycles. The third-order valence-electron chi connectivity index (χ3n) is 3.56. The zero-order valence-corrected chi connectivity index (χ0v) is 14.0. The van der Waals surface area contributed by atoms with Crippen molar-refractivity contribution in [2.24, 2.45) is 0 Å². The molecular formula is C14H18BrClN2O2. The number of rotatable bonds is 3. The molecule has 1 saturated heterocycles. The summed E-state index contributed by atoms with van der Waals surface area (Å²) in [6, 6.07) is 3.43. The fraction of sp³-hybridized carbons (Fsp3) is 0.500. The normalized spacial score (nSPS) is 16.3. The average molecular weight is 362 g/mol. The molecule has 0 atom stereocenters. The summed E-state index contributed by atoms with van der Waals surface area (Å²) in [4.78, 5) is 16.7. The number of carbonyl (C=O) groups excluding carboxylic acids is 1. The standard InChI is InChI=1S/C14H18BrClN2O2/c1-3-17-4-6-18(7-5-17)14(19)10-8-11(15)13(20-2)12(16)9-10/h8-9H,3-7H2,1-2H3. The Balaban J connectivity index is 2.14. The van der Waals surface area contributed by atoms with Crippen LogP contribution in [0.15, 0.2) is 16.6 Å². The van der Waals surface area contributed by atoms with Crippen LogP contribution in [0.2, 0.25) is 5.02 Å². The zero-order valence-electron chi connectivity index (χ0n) is 11.7. The number of nitrogens with zero attached hydrogens (tertiary/aromatic N) is 2. The van der Waals surface area contributed by atoms with Crippen LogP contribution in [-0.4, -0.2) is 55.5 Å². The van der Waals surface area contributed by atoms with Gasteiger partial charge in [-0.2, -0.15) is 0 Å². The Morgan fingerprint density at radius 3 is 2.50 bits per heavy atom.